The summed E-state index contributed by atoms with van der Waals surface area (Å²) in [7, 11) is 1.87. The van der Waals surface area contributed by atoms with Gasteiger partial charge in [-0.25, -0.2) is 0 Å². The molecule has 1 aromatic rings. The Morgan fingerprint density at radius 2 is 1.94 bits per heavy atom. The predicted octanol–water partition coefficient (Wildman–Crippen LogP) is 2.44. The van der Waals surface area contributed by atoms with Gasteiger partial charge in [-0.05, 0) is 25.3 Å². The maximum atomic E-state index is 6.02. The molecule has 3 aliphatic rings. The summed E-state index contributed by atoms with van der Waals surface area (Å²) in [5.41, 5.74) is 2.64. The molecule has 3 aliphatic heterocycles. The molecule has 31 heavy (non-hydrogen) atoms. The fourth-order valence-electron chi connectivity index (χ4n) is 4.73. The van der Waals surface area contributed by atoms with Crippen molar-refractivity contribution in [2.45, 2.75) is 38.0 Å². The zero-order valence-corrected chi connectivity index (χ0v) is 21.1. The molecule has 3 unspecified atom stereocenters. The van der Waals surface area contributed by atoms with E-state index >= 15 is 0 Å². The zero-order chi connectivity index (χ0) is 20.8. The quantitative estimate of drug-likeness (QED) is 0.349. The number of nitrogens with zero attached hydrogens (tertiary/aromatic N) is 3. The molecule has 0 bridgehead atoms. The summed E-state index contributed by atoms with van der Waals surface area (Å²) in [4.78, 5) is 9.44. The van der Waals surface area contributed by atoms with Crippen LogP contribution in [0.3, 0.4) is 0 Å². The van der Waals surface area contributed by atoms with E-state index in [2.05, 4.69) is 51.3 Å². The lowest BCUT2D eigenvalue weighted by atomic mass is 10.0. The summed E-state index contributed by atoms with van der Waals surface area (Å²) in [6.45, 7) is 9.74. The van der Waals surface area contributed by atoms with Crippen LogP contribution < -0.4 is 5.32 Å². The van der Waals surface area contributed by atoms with Gasteiger partial charge in [0, 0.05) is 46.4 Å². The number of benzene rings is 1. The first-order chi connectivity index (χ1) is 14.7. The summed E-state index contributed by atoms with van der Waals surface area (Å²) in [6.07, 6.45) is 2.58. The van der Waals surface area contributed by atoms with Gasteiger partial charge in [0.25, 0.3) is 0 Å². The molecule has 3 atom stereocenters. The lowest BCUT2D eigenvalue weighted by molar-refractivity contribution is -0.0817. The molecule has 3 fully saturated rings. The monoisotopic (exact) mass is 544 g/mol. The van der Waals surface area contributed by atoms with E-state index < -0.39 is 0 Å². The Balaban J connectivity index is 0.00000272. The third kappa shape index (κ3) is 6.54. The summed E-state index contributed by atoms with van der Waals surface area (Å²) >= 11 is 0. The number of hydrogen-bond donors (Lipinski definition) is 1. The van der Waals surface area contributed by atoms with E-state index in [0.717, 1.165) is 78.0 Å². The fourth-order valence-corrected chi connectivity index (χ4v) is 4.73. The van der Waals surface area contributed by atoms with E-state index in [9.17, 15) is 0 Å². The minimum Gasteiger partial charge on any atom is -0.379 e. The summed E-state index contributed by atoms with van der Waals surface area (Å²) in [5.74, 6) is 0.951. The number of nitrogens with one attached hydrogen (secondary N) is 1. The van der Waals surface area contributed by atoms with Gasteiger partial charge in [0.05, 0.1) is 32.0 Å². The number of halogens is 1. The van der Waals surface area contributed by atoms with Gasteiger partial charge < -0.3 is 24.4 Å². The Hall–Kier alpha value is -0.940. The van der Waals surface area contributed by atoms with Gasteiger partial charge in [0.2, 0.25) is 0 Å². The van der Waals surface area contributed by atoms with E-state index in [0.29, 0.717) is 6.04 Å². The molecule has 8 heteroatoms. The number of rotatable bonds is 5. The normalized spacial score (nSPS) is 26.4. The topological polar surface area (TPSA) is 58.6 Å². The lowest BCUT2D eigenvalue weighted by Gasteiger charge is -2.39. The Labute approximate surface area is 203 Å². The molecule has 1 aromatic carbocycles. The van der Waals surface area contributed by atoms with Crippen LogP contribution >= 0.6 is 24.0 Å². The Bertz CT molecular complexity index is 708. The van der Waals surface area contributed by atoms with Crippen LogP contribution in [0.1, 0.15) is 30.0 Å². The van der Waals surface area contributed by atoms with Crippen molar-refractivity contribution in [2.75, 3.05) is 66.2 Å². The number of morpholine rings is 2. The smallest absolute Gasteiger partial charge is 0.193 e. The van der Waals surface area contributed by atoms with Crippen molar-refractivity contribution in [3.63, 3.8) is 0 Å². The number of aliphatic imine (C=N–C) groups is 1. The average Bonchev–Trinajstić information content (AvgIpc) is 3.33. The first-order valence-electron chi connectivity index (χ1n) is 11.3. The number of guanidine groups is 1. The SMILES string of the molecule is CN=C(NCC(c1cccc(C)c1)N1CCOCC1)N1CCOC(C2CCCO2)C1.I. The van der Waals surface area contributed by atoms with E-state index in [1.807, 2.05) is 7.05 Å². The molecular weight excluding hydrogens is 507 g/mol. The molecule has 4 rings (SSSR count). The third-order valence-corrected chi connectivity index (χ3v) is 6.35. The highest BCUT2D eigenvalue weighted by Crippen LogP contribution is 2.23. The van der Waals surface area contributed by atoms with Crippen molar-refractivity contribution in [1.29, 1.82) is 0 Å². The minimum absolute atomic E-state index is 0. The highest BCUT2D eigenvalue weighted by Gasteiger charge is 2.32. The van der Waals surface area contributed by atoms with E-state index in [-0.39, 0.29) is 36.2 Å². The van der Waals surface area contributed by atoms with Crippen LogP contribution in [0.2, 0.25) is 0 Å². The zero-order valence-electron chi connectivity index (χ0n) is 18.8. The van der Waals surface area contributed by atoms with Crippen LogP contribution in [0.25, 0.3) is 0 Å². The maximum Gasteiger partial charge on any atom is 0.193 e. The van der Waals surface area contributed by atoms with Crippen molar-refractivity contribution in [1.82, 2.24) is 15.1 Å². The van der Waals surface area contributed by atoms with Gasteiger partial charge in [-0.15, -0.1) is 24.0 Å². The Morgan fingerprint density at radius 1 is 1.13 bits per heavy atom. The molecule has 0 aliphatic carbocycles. The number of ether oxygens (including phenoxy) is 3. The average molecular weight is 544 g/mol. The summed E-state index contributed by atoms with van der Waals surface area (Å²) in [5, 5.41) is 3.66. The van der Waals surface area contributed by atoms with E-state index in [4.69, 9.17) is 14.2 Å². The van der Waals surface area contributed by atoms with Crippen molar-refractivity contribution in [3.05, 3.63) is 35.4 Å². The molecular formula is C23H37IN4O3. The maximum absolute atomic E-state index is 6.02. The lowest BCUT2D eigenvalue weighted by Crippen LogP contribution is -2.54. The van der Waals surface area contributed by atoms with Crippen LogP contribution in [0.4, 0.5) is 0 Å². The highest BCUT2D eigenvalue weighted by molar-refractivity contribution is 14.0. The molecule has 0 aromatic heterocycles. The van der Waals surface area contributed by atoms with Crippen molar-refractivity contribution >= 4 is 29.9 Å². The fraction of sp³-hybridized carbons (Fsp3) is 0.696. The van der Waals surface area contributed by atoms with Gasteiger partial charge in [-0.1, -0.05) is 29.8 Å². The minimum atomic E-state index is 0. The number of aryl methyl sites for hydroxylation is 1. The third-order valence-electron chi connectivity index (χ3n) is 6.35. The van der Waals surface area contributed by atoms with Gasteiger partial charge in [0.1, 0.15) is 6.10 Å². The van der Waals surface area contributed by atoms with Crippen molar-refractivity contribution in [3.8, 4) is 0 Å². The summed E-state index contributed by atoms with van der Waals surface area (Å²) < 4.78 is 17.5. The molecule has 0 spiro atoms. The summed E-state index contributed by atoms with van der Waals surface area (Å²) in [6, 6.07) is 9.14. The molecule has 3 saturated heterocycles. The van der Waals surface area contributed by atoms with Crippen LogP contribution in [-0.2, 0) is 14.2 Å². The van der Waals surface area contributed by atoms with E-state index in [1.165, 1.54) is 11.1 Å². The van der Waals surface area contributed by atoms with Crippen molar-refractivity contribution in [2.24, 2.45) is 4.99 Å². The van der Waals surface area contributed by atoms with Gasteiger partial charge in [0.15, 0.2) is 5.96 Å². The predicted molar refractivity (Wildman–Crippen MR) is 133 cm³/mol. The van der Waals surface area contributed by atoms with Crippen LogP contribution in [0, 0.1) is 6.92 Å². The number of hydrogen-bond acceptors (Lipinski definition) is 5. The van der Waals surface area contributed by atoms with Gasteiger partial charge in [-0.2, -0.15) is 0 Å². The second-order valence-electron chi connectivity index (χ2n) is 8.41. The largest absolute Gasteiger partial charge is 0.379 e. The van der Waals surface area contributed by atoms with Gasteiger partial charge >= 0.3 is 0 Å². The molecule has 3 heterocycles. The van der Waals surface area contributed by atoms with Crippen LogP contribution in [0.15, 0.2) is 29.3 Å². The van der Waals surface area contributed by atoms with Crippen LogP contribution in [0.5, 0.6) is 0 Å². The first kappa shape index (κ1) is 24.7. The molecule has 1 N–H and O–H groups in total. The van der Waals surface area contributed by atoms with Gasteiger partial charge in [-0.3, -0.25) is 9.89 Å². The standard InChI is InChI=1S/C23H36N4O3.HI/c1-18-5-3-6-19(15-18)20(26-8-12-28-13-9-26)16-25-23(24-2)27-10-14-30-22(17-27)21-7-4-11-29-21;/h3,5-6,15,20-22H,4,7-14,16-17H2,1-2H3,(H,24,25);1H. The molecule has 7 nitrogen and oxygen atoms in total. The van der Waals surface area contributed by atoms with E-state index in [1.54, 1.807) is 0 Å². The van der Waals surface area contributed by atoms with Crippen LogP contribution in [-0.4, -0.2) is 94.2 Å². The van der Waals surface area contributed by atoms with Crippen molar-refractivity contribution < 1.29 is 14.2 Å². The molecule has 0 saturated carbocycles. The Kier molecular flexibility index (Phi) is 9.83. The second-order valence-corrected chi connectivity index (χ2v) is 8.41. The highest BCUT2D eigenvalue weighted by atomic mass is 127. The molecule has 0 amide bonds. The first-order valence-corrected chi connectivity index (χ1v) is 11.3. The molecule has 174 valence electrons. The second kappa shape index (κ2) is 12.3. The molecule has 0 radical (unpaired) electrons. The Morgan fingerprint density at radius 3 is 2.65 bits per heavy atom.